The molecule has 0 bridgehead atoms. The molecule has 1 heterocycles. The minimum atomic E-state index is -1.00. The van der Waals surface area contributed by atoms with Gasteiger partial charge in [0, 0.05) is 12.6 Å². The lowest BCUT2D eigenvalue weighted by molar-refractivity contribution is -0.141. The molecule has 7 heteroatoms. The van der Waals surface area contributed by atoms with Crippen molar-refractivity contribution < 1.29 is 19.5 Å². The van der Waals surface area contributed by atoms with E-state index in [0.29, 0.717) is 0 Å². The number of carbonyl (C=O) groups is 3. The standard InChI is InChI=1S/C22H39N3O4/c1-14(2)17(13-15(3)21(28)29)25(8)20(27)18(22(4,5)6)23-19(26)16-11-9-10-12-24(16)7/h13-14,16-18H,9-12H2,1-8H3,(H,23,26)(H,28,29)/b15-13+. The van der Waals surface area contributed by atoms with E-state index in [1.165, 1.54) is 6.92 Å². The summed E-state index contributed by atoms with van der Waals surface area (Å²) in [6, 6.07) is -1.30. The number of likely N-dealkylation sites (tertiary alicyclic amines) is 1. The Kier molecular flexibility index (Phi) is 8.87. The highest BCUT2D eigenvalue weighted by atomic mass is 16.4. The molecule has 0 saturated carbocycles. The zero-order valence-corrected chi connectivity index (χ0v) is 19.3. The molecule has 0 aromatic rings. The monoisotopic (exact) mass is 409 g/mol. The summed E-state index contributed by atoms with van der Waals surface area (Å²) in [4.78, 5) is 41.2. The molecule has 1 fully saturated rings. The van der Waals surface area contributed by atoms with Gasteiger partial charge in [-0.1, -0.05) is 47.1 Å². The Hall–Kier alpha value is -1.89. The van der Waals surface area contributed by atoms with Crippen LogP contribution in [0.25, 0.3) is 0 Å². The molecule has 3 atom stereocenters. The molecule has 1 rings (SSSR count). The van der Waals surface area contributed by atoms with Gasteiger partial charge in [0.25, 0.3) is 0 Å². The van der Waals surface area contributed by atoms with Crippen molar-refractivity contribution >= 4 is 17.8 Å². The maximum atomic E-state index is 13.4. The average Bonchev–Trinajstić information content (AvgIpc) is 2.61. The van der Waals surface area contributed by atoms with Crippen molar-refractivity contribution in [3.05, 3.63) is 11.6 Å². The van der Waals surface area contributed by atoms with Crippen molar-refractivity contribution in [2.45, 2.75) is 78.9 Å². The van der Waals surface area contributed by atoms with Gasteiger partial charge in [0.1, 0.15) is 6.04 Å². The van der Waals surface area contributed by atoms with Crippen molar-refractivity contribution in [2.75, 3.05) is 20.6 Å². The maximum absolute atomic E-state index is 13.4. The molecule has 2 amide bonds. The van der Waals surface area contributed by atoms with Crippen molar-refractivity contribution in [3.8, 4) is 0 Å². The van der Waals surface area contributed by atoms with Crippen LogP contribution in [0.1, 0.15) is 60.8 Å². The maximum Gasteiger partial charge on any atom is 0.331 e. The third-order valence-corrected chi connectivity index (χ3v) is 5.71. The first-order chi connectivity index (χ1) is 13.3. The number of nitrogens with one attached hydrogen (secondary N) is 1. The zero-order valence-electron chi connectivity index (χ0n) is 19.3. The summed E-state index contributed by atoms with van der Waals surface area (Å²) in [6.07, 6.45) is 4.49. The molecule has 166 valence electrons. The summed E-state index contributed by atoms with van der Waals surface area (Å²) in [7, 11) is 3.62. The molecule has 7 nitrogen and oxygen atoms in total. The lowest BCUT2D eigenvalue weighted by Crippen LogP contribution is -2.59. The van der Waals surface area contributed by atoms with Crippen molar-refractivity contribution in [3.63, 3.8) is 0 Å². The topological polar surface area (TPSA) is 90.0 Å². The smallest absolute Gasteiger partial charge is 0.331 e. The Bertz CT molecular complexity index is 636. The molecule has 1 aliphatic heterocycles. The molecule has 1 aliphatic rings. The van der Waals surface area contributed by atoms with Crippen LogP contribution in [0.2, 0.25) is 0 Å². The molecule has 0 aromatic carbocycles. The predicted octanol–water partition coefficient (Wildman–Crippen LogP) is 2.52. The fourth-order valence-electron chi connectivity index (χ4n) is 3.72. The second-order valence-electron chi connectivity index (χ2n) is 9.64. The molecule has 0 radical (unpaired) electrons. The molecule has 29 heavy (non-hydrogen) atoms. The van der Waals surface area contributed by atoms with E-state index in [2.05, 4.69) is 5.32 Å². The van der Waals surface area contributed by atoms with Gasteiger partial charge in [0.2, 0.25) is 11.8 Å². The first-order valence-corrected chi connectivity index (χ1v) is 10.5. The van der Waals surface area contributed by atoms with E-state index in [9.17, 15) is 19.5 Å². The van der Waals surface area contributed by atoms with Crippen molar-refractivity contribution in [1.29, 1.82) is 0 Å². The number of carboxylic acids is 1. The van der Waals surface area contributed by atoms with Crippen LogP contribution in [-0.4, -0.2) is 71.5 Å². The zero-order chi connectivity index (χ0) is 22.5. The lowest BCUT2D eigenvalue weighted by atomic mass is 9.84. The number of amides is 2. The number of carbonyl (C=O) groups excluding carboxylic acids is 2. The molecule has 3 unspecified atom stereocenters. The van der Waals surface area contributed by atoms with Gasteiger partial charge in [-0.15, -0.1) is 0 Å². The van der Waals surface area contributed by atoms with Crippen LogP contribution >= 0.6 is 0 Å². The highest BCUT2D eigenvalue weighted by Gasteiger charge is 2.39. The van der Waals surface area contributed by atoms with Crippen LogP contribution in [0.3, 0.4) is 0 Å². The summed E-state index contributed by atoms with van der Waals surface area (Å²) in [5, 5.41) is 12.2. The minimum absolute atomic E-state index is 0.0269. The summed E-state index contributed by atoms with van der Waals surface area (Å²) in [5.41, 5.74) is -0.287. The molecular formula is C22H39N3O4. The fraction of sp³-hybridized carbons (Fsp3) is 0.773. The van der Waals surface area contributed by atoms with Gasteiger partial charge in [-0.05, 0) is 44.7 Å². The average molecular weight is 410 g/mol. The van der Waals surface area contributed by atoms with E-state index in [1.807, 2.05) is 46.6 Å². The molecule has 1 saturated heterocycles. The van der Waals surface area contributed by atoms with Gasteiger partial charge < -0.3 is 15.3 Å². The Morgan fingerprint density at radius 2 is 1.79 bits per heavy atom. The molecular weight excluding hydrogens is 370 g/mol. The Morgan fingerprint density at radius 3 is 2.24 bits per heavy atom. The Labute approximate surface area is 175 Å². The van der Waals surface area contributed by atoms with Gasteiger partial charge in [0.15, 0.2) is 0 Å². The molecule has 0 spiro atoms. The third-order valence-electron chi connectivity index (χ3n) is 5.71. The SMILES string of the molecule is C/C(=C\C(C(C)C)N(C)C(=O)C(NC(=O)C1CCCCN1C)C(C)(C)C)C(=O)O. The second-order valence-corrected chi connectivity index (χ2v) is 9.64. The van der Waals surface area contributed by atoms with Crippen LogP contribution in [-0.2, 0) is 14.4 Å². The van der Waals surface area contributed by atoms with Gasteiger partial charge in [-0.2, -0.15) is 0 Å². The van der Waals surface area contributed by atoms with Gasteiger partial charge >= 0.3 is 5.97 Å². The molecule has 2 N–H and O–H groups in total. The van der Waals surface area contributed by atoms with Crippen LogP contribution in [0.15, 0.2) is 11.6 Å². The normalized spacial score (nSPS) is 20.9. The van der Waals surface area contributed by atoms with E-state index in [0.717, 1.165) is 25.8 Å². The number of hydrogen-bond donors (Lipinski definition) is 2. The molecule has 0 aromatic heterocycles. The van der Waals surface area contributed by atoms with E-state index in [4.69, 9.17) is 0 Å². The summed E-state index contributed by atoms with van der Waals surface area (Å²) < 4.78 is 0. The predicted molar refractivity (Wildman–Crippen MR) is 114 cm³/mol. The highest BCUT2D eigenvalue weighted by Crippen LogP contribution is 2.25. The summed E-state index contributed by atoms with van der Waals surface area (Å²) in [5.74, 6) is -1.30. The van der Waals surface area contributed by atoms with Crippen LogP contribution < -0.4 is 5.32 Å². The number of nitrogens with zero attached hydrogens (tertiary/aromatic N) is 2. The van der Waals surface area contributed by atoms with Crippen LogP contribution in [0.4, 0.5) is 0 Å². The number of hydrogen-bond acceptors (Lipinski definition) is 4. The first-order valence-electron chi connectivity index (χ1n) is 10.5. The summed E-state index contributed by atoms with van der Waals surface area (Å²) >= 11 is 0. The number of carboxylic acid groups (broad SMARTS) is 1. The number of likely N-dealkylation sites (N-methyl/N-ethyl adjacent to an activating group) is 2. The largest absolute Gasteiger partial charge is 0.478 e. The second kappa shape index (κ2) is 10.2. The number of rotatable bonds is 7. The van der Waals surface area contributed by atoms with Crippen LogP contribution in [0, 0.1) is 11.3 Å². The first kappa shape index (κ1) is 25.1. The Balaban J connectivity index is 3.10. The van der Waals surface area contributed by atoms with Crippen molar-refractivity contribution in [2.24, 2.45) is 11.3 Å². The van der Waals surface area contributed by atoms with E-state index in [1.54, 1.807) is 18.0 Å². The lowest BCUT2D eigenvalue weighted by Gasteiger charge is -2.39. The number of piperidine rings is 1. The van der Waals surface area contributed by atoms with E-state index in [-0.39, 0.29) is 35.4 Å². The van der Waals surface area contributed by atoms with Gasteiger partial charge in [-0.25, -0.2) is 4.79 Å². The van der Waals surface area contributed by atoms with E-state index >= 15 is 0 Å². The van der Waals surface area contributed by atoms with E-state index < -0.39 is 17.4 Å². The highest BCUT2D eigenvalue weighted by molar-refractivity contribution is 5.91. The molecule has 0 aliphatic carbocycles. The third kappa shape index (κ3) is 6.84. The Morgan fingerprint density at radius 1 is 1.21 bits per heavy atom. The summed E-state index contributed by atoms with van der Waals surface area (Å²) in [6.45, 7) is 12.1. The van der Waals surface area contributed by atoms with Crippen molar-refractivity contribution in [1.82, 2.24) is 15.1 Å². The number of aliphatic carboxylic acids is 1. The van der Waals surface area contributed by atoms with Gasteiger partial charge in [-0.3, -0.25) is 14.5 Å². The minimum Gasteiger partial charge on any atom is -0.478 e. The fourth-order valence-corrected chi connectivity index (χ4v) is 3.72. The quantitative estimate of drug-likeness (QED) is 0.631. The van der Waals surface area contributed by atoms with Crippen LogP contribution in [0.5, 0.6) is 0 Å². The van der Waals surface area contributed by atoms with Gasteiger partial charge in [0.05, 0.1) is 12.1 Å².